The van der Waals surface area contributed by atoms with Gasteiger partial charge in [-0.1, -0.05) is 64.5 Å². The van der Waals surface area contributed by atoms with Gasteiger partial charge < -0.3 is 9.32 Å². The quantitative estimate of drug-likeness (QED) is 0.157. The molecule has 4 nitrogen and oxygen atoms in total. The number of amides is 1. The maximum atomic E-state index is 13.8. The standard InChI is InChI=1S/C27H17Br2NO3S/c28-18-12-17-13-21(27(32)33-24(17)22(29)14-18)25(31)30-9-10-34-26(30)23-19-7-3-1-5-15(19)11-16-6-2-4-8-20(16)23/h1-8,11-14,26H,9-10H2/t26-/m0/s1. The van der Waals surface area contributed by atoms with E-state index in [-0.39, 0.29) is 16.8 Å². The Morgan fingerprint density at radius 1 is 0.912 bits per heavy atom. The molecule has 4 aromatic carbocycles. The van der Waals surface area contributed by atoms with Crippen LogP contribution in [0.5, 0.6) is 0 Å². The van der Waals surface area contributed by atoms with Crippen molar-refractivity contribution < 1.29 is 9.21 Å². The largest absolute Gasteiger partial charge is 0.421 e. The summed E-state index contributed by atoms with van der Waals surface area (Å²) in [5.74, 6) is 0.489. The van der Waals surface area contributed by atoms with Gasteiger partial charge in [-0.25, -0.2) is 4.79 Å². The van der Waals surface area contributed by atoms with Gasteiger partial charge in [-0.3, -0.25) is 4.79 Å². The fourth-order valence-electron chi connectivity index (χ4n) is 4.69. The topological polar surface area (TPSA) is 50.5 Å². The molecular weight excluding hydrogens is 578 g/mol. The minimum absolute atomic E-state index is 0.0505. The summed E-state index contributed by atoms with van der Waals surface area (Å²) in [6.45, 7) is 0.561. The first-order valence-electron chi connectivity index (χ1n) is 10.8. The van der Waals surface area contributed by atoms with Crippen LogP contribution in [0.2, 0.25) is 0 Å². The van der Waals surface area contributed by atoms with Gasteiger partial charge in [0, 0.05) is 27.7 Å². The van der Waals surface area contributed by atoms with Crippen molar-refractivity contribution >= 4 is 82.0 Å². The Hall–Kier alpha value is -2.61. The lowest BCUT2D eigenvalue weighted by molar-refractivity contribution is 0.0757. The lowest BCUT2D eigenvalue weighted by Crippen LogP contribution is -2.33. The Balaban J connectivity index is 1.51. The van der Waals surface area contributed by atoms with E-state index < -0.39 is 5.63 Å². The van der Waals surface area contributed by atoms with Gasteiger partial charge in [0.15, 0.2) is 5.58 Å². The SMILES string of the molecule is O=C(c1cc2cc(Br)cc(Br)c2oc1=O)N1CCS[C@H]1c1c2ccccc2cc2ccccc12. The molecule has 0 aliphatic carbocycles. The highest BCUT2D eigenvalue weighted by Gasteiger charge is 2.35. The van der Waals surface area contributed by atoms with E-state index in [1.165, 1.54) is 0 Å². The fourth-order valence-corrected chi connectivity index (χ4v) is 7.36. The molecule has 0 bridgehead atoms. The van der Waals surface area contributed by atoms with Crippen LogP contribution in [0.3, 0.4) is 0 Å². The van der Waals surface area contributed by atoms with E-state index >= 15 is 0 Å². The molecule has 1 amide bonds. The smallest absolute Gasteiger partial charge is 0.349 e. The highest BCUT2D eigenvalue weighted by atomic mass is 79.9. The Bertz CT molecular complexity index is 1630. The van der Waals surface area contributed by atoms with Crippen LogP contribution in [0.15, 0.2) is 91.0 Å². The van der Waals surface area contributed by atoms with Crippen LogP contribution in [0.4, 0.5) is 0 Å². The molecule has 0 N–H and O–H groups in total. The van der Waals surface area contributed by atoms with E-state index in [1.807, 2.05) is 41.3 Å². The molecule has 7 heteroatoms. The zero-order valence-electron chi connectivity index (χ0n) is 17.8. The van der Waals surface area contributed by atoms with Gasteiger partial charge in [-0.2, -0.15) is 0 Å². The maximum absolute atomic E-state index is 13.8. The first-order valence-corrected chi connectivity index (χ1v) is 13.4. The van der Waals surface area contributed by atoms with Crippen LogP contribution >= 0.6 is 43.6 Å². The Morgan fingerprint density at radius 2 is 1.59 bits per heavy atom. The minimum Gasteiger partial charge on any atom is -0.421 e. The highest BCUT2D eigenvalue weighted by molar-refractivity contribution is 9.11. The molecule has 1 aliphatic heterocycles. The molecule has 5 aromatic rings. The number of thioether (sulfide) groups is 1. The van der Waals surface area contributed by atoms with Crippen LogP contribution in [0, 0.1) is 0 Å². The maximum Gasteiger partial charge on any atom is 0.349 e. The third-order valence-corrected chi connectivity index (χ3v) is 8.46. The third kappa shape index (κ3) is 3.58. The van der Waals surface area contributed by atoms with E-state index in [0.29, 0.717) is 22.0 Å². The zero-order chi connectivity index (χ0) is 23.4. The predicted molar refractivity (Wildman–Crippen MR) is 146 cm³/mol. The van der Waals surface area contributed by atoms with E-state index in [9.17, 15) is 9.59 Å². The molecule has 1 saturated heterocycles. The summed E-state index contributed by atoms with van der Waals surface area (Å²) in [6, 6.07) is 24.0. The van der Waals surface area contributed by atoms with Gasteiger partial charge in [-0.15, -0.1) is 11.8 Å². The number of hydrogen-bond donors (Lipinski definition) is 0. The molecule has 0 radical (unpaired) electrons. The van der Waals surface area contributed by atoms with E-state index in [2.05, 4.69) is 62.2 Å². The van der Waals surface area contributed by atoms with Gasteiger partial charge in [0.25, 0.3) is 5.91 Å². The van der Waals surface area contributed by atoms with E-state index in [1.54, 1.807) is 17.8 Å². The molecule has 1 fully saturated rings. The number of carbonyl (C=O) groups excluding carboxylic acids is 1. The Labute approximate surface area is 216 Å². The number of rotatable bonds is 2. The third-order valence-electron chi connectivity index (χ3n) is 6.19. The van der Waals surface area contributed by atoms with Crippen molar-refractivity contribution in [2.45, 2.75) is 5.37 Å². The van der Waals surface area contributed by atoms with E-state index in [4.69, 9.17) is 4.42 Å². The van der Waals surface area contributed by atoms with Crippen molar-refractivity contribution in [1.29, 1.82) is 0 Å². The highest BCUT2D eigenvalue weighted by Crippen LogP contribution is 2.45. The van der Waals surface area contributed by atoms with Gasteiger partial charge >= 0.3 is 5.63 Å². The van der Waals surface area contributed by atoms with Gasteiger partial charge in [0.05, 0.1) is 4.47 Å². The zero-order valence-corrected chi connectivity index (χ0v) is 21.7. The first-order chi connectivity index (χ1) is 16.5. The molecule has 0 saturated carbocycles. The van der Waals surface area contributed by atoms with Gasteiger partial charge in [0.2, 0.25) is 0 Å². The number of benzene rings is 4. The monoisotopic (exact) mass is 593 g/mol. The minimum atomic E-state index is -0.626. The second-order valence-corrected chi connectivity index (χ2v) is 11.2. The average Bonchev–Trinajstić information content (AvgIpc) is 3.31. The molecule has 1 aromatic heterocycles. The van der Waals surface area contributed by atoms with Crippen LogP contribution in [-0.2, 0) is 0 Å². The van der Waals surface area contributed by atoms with Crippen molar-refractivity contribution in [1.82, 2.24) is 4.90 Å². The van der Waals surface area contributed by atoms with Gasteiger partial charge in [-0.05, 0) is 61.7 Å². The van der Waals surface area contributed by atoms with Crippen molar-refractivity contribution in [2.24, 2.45) is 0 Å². The summed E-state index contributed by atoms with van der Waals surface area (Å²) in [4.78, 5) is 28.5. The van der Waals surface area contributed by atoms with Crippen molar-refractivity contribution in [3.8, 4) is 0 Å². The molecule has 0 unspecified atom stereocenters. The predicted octanol–water partition coefficient (Wildman–Crippen LogP) is 7.51. The van der Waals surface area contributed by atoms with Crippen molar-refractivity contribution in [3.63, 3.8) is 0 Å². The second kappa shape index (κ2) is 8.56. The molecule has 1 aliphatic rings. The number of carbonyl (C=O) groups is 1. The van der Waals surface area contributed by atoms with Crippen molar-refractivity contribution in [3.05, 3.63) is 103 Å². The number of nitrogens with zero attached hydrogens (tertiary/aromatic N) is 1. The van der Waals surface area contributed by atoms with Crippen LogP contribution < -0.4 is 5.63 Å². The first kappa shape index (κ1) is 21.9. The molecule has 168 valence electrons. The number of hydrogen-bond acceptors (Lipinski definition) is 4. The lowest BCUT2D eigenvalue weighted by atomic mass is 9.96. The summed E-state index contributed by atoms with van der Waals surface area (Å²) in [5.41, 5.74) is 0.964. The lowest BCUT2D eigenvalue weighted by Gasteiger charge is -2.26. The normalized spacial score (nSPS) is 16.1. The molecule has 34 heavy (non-hydrogen) atoms. The van der Waals surface area contributed by atoms with Crippen molar-refractivity contribution in [2.75, 3.05) is 12.3 Å². The fraction of sp³-hybridized carbons (Fsp3) is 0.111. The molecule has 0 spiro atoms. The second-order valence-electron chi connectivity index (χ2n) is 8.21. The van der Waals surface area contributed by atoms with Crippen LogP contribution in [0.1, 0.15) is 21.3 Å². The Morgan fingerprint density at radius 3 is 2.29 bits per heavy atom. The summed E-state index contributed by atoms with van der Waals surface area (Å²) in [7, 11) is 0. The molecular formula is C27H17Br2NO3S. The van der Waals surface area contributed by atoms with Crippen LogP contribution in [-0.4, -0.2) is 23.1 Å². The van der Waals surface area contributed by atoms with Crippen LogP contribution in [0.25, 0.3) is 32.5 Å². The average molecular weight is 595 g/mol. The number of fused-ring (bicyclic) bond motifs is 3. The summed E-state index contributed by atoms with van der Waals surface area (Å²) < 4.78 is 7.05. The number of halogens is 2. The Kier molecular flexibility index (Phi) is 5.51. The summed E-state index contributed by atoms with van der Waals surface area (Å²) >= 11 is 8.63. The molecule has 1 atom stereocenters. The summed E-state index contributed by atoms with van der Waals surface area (Å²) in [6.07, 6.45) is 0. The van der Waals surface area contributed by atoms with E-state index in [0.717, 1.165) is 37.3 Å². The molecule has 6 rings (SSSR count). The molecule has 2 heterocycles. The van der Waals surface area contributed by atoms with Gasteiger partial charge in [0.1, 0.15) is 10.9 Å². The summed E-state index contributed by atoms with van der Waals surface area (Å²) in [5, 5.41) is 5.00.